The van der Waals surface area contributed by atoms with Crippen molar-refractivity contribution in [2.75, 3.05) is 20.2 Å². The summed E-state index contributed by atoms with van der Waals surface area (Å²) in [7, 11) is 2.11. The van der Waals surface area contributed by atoms with Gasteiger partial charge in [-0.25, -0.2) is 0 Å². The predicted molar refractivity (Wildman–Crippen MR) is 99.5 cm³/mol. The third-order valence-electron chi connectivity index (χ3n) is 5.11. The summed E-state index contributed by atoms with van der Waals surface area (Å²) in [5, 5.41) is 0. The first kappa shape index (κ1) is 19.6. The average molecular weight is 345 g/mol. The van der Waals surface area contributed by atoms with E-state index in [1.54, 1.807) is 6.92 Å². The number of hydrogen-bond donors (Lipinski definition) is 0. The smallest absolute Gasteiger partial charge is 0.313 e. The van der Waals surface area contributed by atoms with Crippen LogP contribution in [-0.4, -0.2) is 36.9 Å². The standard InChI is InChI=1S/C21H31NO3/c1-6-25-20(24)14-19(23)16-11-12-22(5)18(13-16)15-7-9-17(10-8-15)21(2,3)4/h7-10,16,18H,6,11-14H2,1-5H3/t16-,18-/m0/s1. The summed E-state index contributed by atoms with van der Waals surface area (Å²) in [5.41, 5.74) is 2.68. The van der Waals surface area contributed by atoms with Gasteiger partial charge in [0.1, 0.15) is 12.2 Å². The molecule has 25 heavy (non-hydrogen) atoms. The van der Waals surface area contributed by atoms with Crippen molar-refractivity contribution in [2.24, 2.45) is 5.92 Å². The summed E-state index contributed by atoms with van der Waals surface area (Å²) in [6.07, 6.45) is 1.48. The van der Waals surface area contributed by atoms with E-state index in [4.69, 9.17) is 4.74 Å². The second-order valence-electron chi connectivity index (χ2n) is 8.04. The van der Waals surface area contributed by atoms with Crippen molar-refractivity contribution < 1.29 is 14.3 Å². The van der Waals surface area contributed by atoms with E-state index in [1.165, 1.54) is 11.1 Å². The Morgan fingerprint density at radius 3 is 2.40 bits per heavy atom. The maximum absolute atomic E-state index is 12.4. The number of rotatable bonds is 5. The highest BCUT2D eigenvalue weighted by Crippen LogP contribution is 2.35. The van der Waals surface area contributed by atoms with Crippen LogP contribution in [0.2, 0.25) is 0 Å². The molecule has 0 amide bonds. The zero-order valence-electron chi connectivity index (χ0n) is 16.2. The summed E-state index contributed by atoms with van der Waals surface area (Å²) in [6.45, 7) is 9.57. The summed E-state index contributed by atoms with van der Waals surface area (Å²) >= 11 is 0. The number of piperidine rings is 1. The Labute approximate surface area is 151 Å². The Kier molecular flexibility index (Phi) is 6.39. The van der Waals surface area contributed by atoms with Gasteiger partial charge in [0.25, 0.3) is 0 Å². The zero-order chi connectivity index (χ0) is 18.6. The van der Waals surface area contributed by atoms with Gasteiger partial charge >= 0.3 is 5.97 Å². The number of ether oxygens (including phenoxy) is 1. The molecule has 1 aromatic rings. The molecule has 1 aliphatic heterocycles. The SMILES string of the molecule is CCOC(=O)CC(=O)[C@H]1CCN(C)[C@H](c2ccc(C(C)(C)C)cc2)C1. The molecular formula is C21H31NO3. The van der Waals surface area contributed by atoms with Crippen molar-refractivity contribution in [1.29, 1.82) is 0 Å². The number of likely N-dealkylation sites (tertiary alicyclic amines) is 1. The van der Waals surface area contributed by atoms with Gasteiger partial charge in [0, 0.05) is 12.0 Å². The molecule has 1 saturated heterocycles. The fourth-order valence-electron chi connectivity index (χ4n) is 3.47. The van der Waals surface area contributed by atoms with E-state index in [-0.39, 0.29) is 29.6 Å². The van der Waals surface area contributed by atoms with Crippen LogP contribution in [0.5, 0.6) is 0 Å². The Morgan fingerprint density at radius 1 is 1.20 bits per heavy atom. The molecule has 0 radical (unpaired) electrons. The number of esters is 1. The van der Waals surface area contributed by atoms with Crippen LogP contribution in [-0.2, 0) is 19.7 Å². The fourth-order valence-corrected chi connectivity index (χ4v) is 3.47. The molecule has 0 unspecified atom stereocenters. The molecule has 1 aromatic carbocycles. The zero-order valence-corrected chi connectivity index (χ0v) is 16.2. The van der Waals surface area contributed by atoms with Gasteiger partial charge in [-0.15, -0.1) is 0 Å². The fraction of sp³-hybridized carbons (Fsp3) is 0.619. The number of carbonyl (C=O) groups is 2. The van der Waals surface area contributed by atoms with Gasteiger partial charge < -0.3 is 4.74 Å². The Morgan fingerprint density at radius 2 is 1.84 bits per heavy atom. The number of Topliss-reactive ketones (excluding diaryl/α,β-unsaturated/α-hetero) is 1. The van der Waals surface area contributed by atoms with E-state index in [9.17, 15) is 9.59 Å². The maximum atomic E-state index is 12.4. The minimum absolute atomic E-state index is 0.0165. The highest BCUT2D eigenvalue weighted by atomic mass is 16.5. The first-order chi connectivity index (χ1) is 11.7. The minimum atomic E-state index is -0.405. The first-order valence-electron chi connectivity index (χ1n) is 9.21. The van der Waals surface area contributed by atoms with Gasteiger partial charge in [-0.2, -0.15) is 0 Å². The normalized spacial score (nSPS) is 21.8. The lowest BCUT2D eigenvalue weighted by molar-refractivity contribution is -0.146. The van der Waals surface area contributed by atoms with Gasteiger partial charge in [0.15, 0.2) is 0 Å². The Hall–Kier alpha value is -1.68. The highest BCUT2D eigenvalue weighted by molar-refractivity contribution is 5.96. The number of hydrogen-bond acceptors (Lipinski definition) is 4. The number of nitrogens with zero attached hydrogens (tertiary/aromatic N) is 1. The average Bonchev–Trinajstić information content (AvgIpc) is 2.54. The van der Waals surface area contributed by atoms with Crippen molar-refractivity contribution in [3.8, 4) is 0 Å². The highest BCUT2D eigenvalue weighted by Gasteiger charge is 2.32. The number of ketones is 1. The van der Waals surface area contributed by atoms with Gasteiger partial charge in [-0.3, -0.25) is 14.5 Å². The first-order valence-corrected chi connectivity index (χ1v) is 9.21. The molecule has 4 heteroatoms. The quantitative estimate of drug-likeness (QED) is 0.600. The van der Waals surface area contributed by atoms with Crippen LogP contribution >= 0.6 is 0 Å². The van der Waals surface area contributed by atoms with Crippen LogP contribution in [0.4, 0.5) is 0 Å². The molecule has 2 rings (SSSR count). The Balaban J connectivity index is 2.07. The van der Waals surface area contributed by atoms with Crippen LogP contribution in [0.3, 0.4) is 0 Å². The molecule has 0 saturated carbocycles. The second kappa shape index (κ2) is 8.13. The van der Waals surface area contributed by atoms with Crippen molar-refractivity contribution >= 4 is 11.8 Å². The van der Waals surface area contributed by atoms with E-state index in [0.717, 1.165) is 19.4 Å². The molecule has 1 heterocycles. The third kappa shape index (κ3) is 5.15. The molecule has 0 N–H and O–H groups in total. The van der Waals surface area contributed by atoms with Crippen molar-refractivity contribution in [3.05, 3.63) is 35.4 Å². The lowest BCUT2D eigenvalue weighted by atomic mass is 9.82. The van der Waals surface area contributed by atoms with Gasteiger partial charge in [-0.05, 0) is 49.9 Å². The predicted octanol–water partition coefficient (Wildman–Crippen LogP) is 3.89. The number of carbonyl (C=O) groups excluding carboxylic acids is 2. The molecule has 1 aliphatic rings. The molecule has 0 bridgehead atoms. The molecule has 0 spiro atoms. The van der Waals surface area contributed by atoms with Crippen molar-refractivity contribution in [3.63, 3.8) is 0 Å². The van der Waals surface area contributed by atoms with E-state index < -0.39 is 5.97 Å². The molecular weight excluding hydrogens is 314 g/mol. The summed E-state index contributed by atoms with van der Waals surface area (Å²) < 4.78 is 4.91. The molecule has 0 aliphatic carbocycles. The lowest BCUT2D eigenvalue weighted by Gasteiger charge is -2.37. The second-order valence-corrected chi connectivity index (χ2v) is 8.04. The van der Waals surface area contributed by atoms with E-state index >= 15 is 0 Å². The van der Waals surface area contributed by atoms with E-state index in [1.807, 2.05) is 0 Å². The summed E-state index contributed by atoms with van der Waals surface area (Å²) in [5.74, 6) is -0.451. The largest absolute Gasteiger partial charge is 0.466 e. The van der Waals surface area contributed by atoms with Crippen LogP contribution in [0.1, 0.15) is 64.1 Å². The summed E-state index contributed by atoms with van der Waals surface area (Å²) in [6, 6.07) is 8.96. The lowest BCUT2D eigenvalue weighted by Crippen LogP contribution is -2.37. The van der Waals surface area contributed by atoms with Crippen LogP contribution < -0.4 is 0 Å². The molecule has 2 atom stereocenters. The third-order valence-corrected chi connectivity index (χ3v) is 5.11. The van der Waals surface area contributed by atoms with E-state index in [0.29, 0.717) is 6.61 Å². The van der Waals surface area contributed by atoms with Crippen molar-refractivity contribution in [2.45, 2.75) is 58.4 Å². The molecule has 138 valence electrons. The monoisotopic (exact) mass is 345 g/mol. The topological polar surface area (TPSA) is 46.6 Å². The molecule has 4 nitrogen and oxygen atoms in total. The van der Waals surface area contributed by atoms with Gasteiger partial charge in [0.05, 0.1) is 6.61 Å². The van der Waals surface area contributed by atoms with Crippen LogP contribution in [0.25, 0.3) is 0 Å². The maximum Gasteiger partial charge on any atom is 0.313 e. The molecule has 1 fully saturated rings. The van der Waals surface area contributed by atoms with Gasteiger partial charge in [0.2, 0.25) is 0 Å². The Bertz CT molecular complexity index is 601. The van der Waals surface area contributed by atoms with E-state index in [2.05, 4.69) is 57.0 Å². The van der Waals surface area contributed by atoms with Crippen molar-refractivity contribution in [1.82, 2.24) is 4.90 Å². The van der Waals surface area contributed by atoms with Crippen LogP contribution in [0.15, 0.2) is 24.3 Å². The number of benzene rings is 1. The molecule has 0 aromatic heterocycles. The van der Waals surface area contributed by atoms with Gasteiger partial charge in [-0.1, -0.05) is 45.0 Å². The summed E-state index contributed by atoms with van der Waals surface area (Å²) in [4.78, 5) is 26.3. The minimum Gasteiger partial charge on any atom is -0.466 e. The van der Waals surface area contributed by atoms with Crippen LogP contribution in [0, 0.1) is 5.92 Å².